The zero-order valence-electron chi connectivity index (χ0n) is 18.6. The standard InChI is InChI=1S/C26H25N3O3S/c1-18-8-7-10-20(16-18)32-15-14-27-24(30)17-33-26-28-22-12-5-4-11-21(22)25(31)29(26)23-13-6-3-9-19(23)2/h3-13,16H,14-15,17H2,1-2H3,(H,27,30). The maximum absolute atomic E-state index is 13.3. The van der Waals surface area contributed by atoms with Gasteiger partial charge in [-0.2, -0.15) is 0 Å². The molecule has 0 spiro atoms. The molecule has 3 aromatic carbocycles. The molecule has 0 saturated heterocycles. The van der Waals surface area contributed by atoms with Crippen LogP contribution in [0.25, 0.3) is 16.6 Å². The van der Waals surface area contributed by atoms with Crippen molar-refractivity contribution in [3.8, 4) is 11.4 Å². The molecule has 4 rings (SSSR count). The van der Waals surface area contributed by atoms with E-state index in [4.69, 9.17) is 9.72 Å². The molecule has 1 N–H and O–H groups in total. The molecule has 1 amide bonds. The molecule has 0 saturated carbocycles. The van der Waals surface area contributed by atoms with E-state index in [9.17, 15) is 9.59 Å². The number of fused-ring (bicyclic) bond motifs is 1. The molecule has 0 radical (unpaired) electrons. The number of aromatic nitrogens is 2. The number of ether oxygens (including phenoxy) is 1. The van der Waals surface area contributed by atoms with Crippen molar-refractivity contribution in [2.75, 3.05) is 18.9 Å². The third-order valence-corrected chi connectivity index (χ3v) is 6.05. The van der Waals surface area contributed by atoms with Gasteiger partial charge < -0.3 is 10.1 Å². The average molecular weight is 460 g/mol. The molecule has 1 heterocycles. The summed E-state index contributed by atoms with van der Waals surface area (Å²) in [6.07, 6.45) is 0. The monoisotopic (exact) mass is 459 g/mol. The first-order chi connectivity index (χ1) is 16.0. The molecule has 168 valence electrons. The number of amides is 1. The van der Waals surface area contributed by atoms with E-state index in [1.807, 2.05) is 80.6 Å². The topological polar surface area (TPSA) is 73.2 Å². The summed E-state index contributed by atoms with van der Waals surface area (Å²) < 4.78 is 7.27. The lowest BCUT2D eigenvalue weighted by atomic mass is 10.2. The van der Waals surface area contributed by atoms with Gasteiger partial charge in [-0.05, 0) is 55.3 Å². The summed E-state index contributed by atoms with van der Waals surface area (Å²) in [6, 6.07) is 22.7. The van der Waals surface area contributed by atoms with E-state index < -0.39 is 0 Å². The third-order valence-electron chi connectivity index (χ3n) is 5.12. The van der Waals surface area contributed by atoms with Gasteiger partial charge in [0.2, 0.25) is 5.91 Å². The zero-order valence-corrected chi connectivity index (χ0v) is 19.4. The molecule has 33 heavy (non-hydrogen) atoms. The molecule has 0 aliphatic rings. The molecule has 0 aliphatic carbocycles. The molecule has 1 aromatic heterocycles. The first-order valence-electron chi connectivity index (χ1n) is 10.7. The van der Waals surface area contributed by atoms with Gasteiger partial charge >= 0.3 is 0 Å². The van der Waals surface area contributed by atoms with Crippen molar-refractivity contribution in [3.05, 3.63) is 94.3 Å². The molecule has 7 heteroatoms. The van der Waals surface area contributed by atoms with Crippen LogP contribution in [0.5, 0.6) is 5.75 Å². The fraction of sp³-hybridized carbons (Fsp3) is 0.192. The van der Waals surface area contributed by atoms with E-state index >= 15 is 0 Å². The molecular weight excluding hydrogens is 434 g/mol. The lowest BCUT2D eigenvalue weighted by Crippen LogP contribution is -2.30. The first kappa shape index (κ1) is 22.6. The van der Waals surface area contributed by atoms with Crippen LogP contribution in [0, 0.1) is 13.8 Å². The zero-order chi connectivity index (χ0) is 23.2. The van der Waals surface area contributed by atoms with Crippen molar-refractivity contribution in [2.24, 2.45) is 0 Å². The smallest absolute Gasteiger partial charge is 0.266 e. The maximum Gasteiger partial charge on any atom is 0.266 e. The van der Waals surface area contributed by atoms with Gasteiger partial charge in [0, 0.05) is 0 Å². The van der Waals surface area contributed by atoms with E-state index in [2.05, 4.69) is 5.32 Å². The highest BCUT2D eigenvalue weighted by atomic mass is 32.2. The Morgan fingerprint density at radius 3 is 2.64 bits per heavy atom. The van der Waals surface area contributed by atoms with Gasteiger partial charge in [-0.25, -0.2) is 4.98 Å². The summed E-state index contributed by atoms with van der Waals surface area (Å²) in [5.41, 5.74) is 3.30. The quantitative estimate of drug-likeness (QED) is 0.242. The summed E-state index contributed by atoms with van der Waals surface area (Å²) >= 11 is 1.24. The maximum atomic E-state index is 13.3. The van der Waals surface area contributed by atoms with Crippen LogP contribution in [0.15, 0.2) is 82.7 Å². The van der Waals surface area contributed by atoms with Crippen LogP contribution < -0.4 is 15.6 Å². The van der Waals surface area contributed by atoms with Crippen molar-refractivity contribution < 1.29 is 9.53 Å². The van der Waals surface area contributed by atoms with Crippen molar-refractivity contribution >= 4 is 28.6 Å². The second kappa shape index (κ2) is 10.4. The van der Waals surface area contributed by atoms with Gasteiger partial charge in [-0.3, -0.25) is 14.2 Å². The van der Waals surface area contributed by atoms with Crippen molar-refractivity contribution in [1.82, 2.24) is 14.9 Å². The summed E-state index contributed by atoms with van der Waals surface area (Å²) in [6.45, 7) is 4.72. The van der Waals surface area contributed by atoms with Gasteiger partial charge in [0.1, 0.15) is 12.4 Å². The Morgan fingerprint density at radius 2 is 1.82 bits per heavy atom. The van der Waals surface area contributed by atoms with Crippen molar-refractivity contribution in [2.45, 2.75) is 19.0 Å². The average Bonchev–Trinajstić information content (AvgIpc) is 2.81. The van der Waals surface area contributed by atoms with Crippen molar-refractivity contribution in [3.63, 3.8) is 0 Å². The molecule has 4 aromatic rings. The number of thioether (sulfide) groups is 1. The second-order valence-electron chi connectivity index (χ2n) is 7.64. The number of benzene rings is 3. The van der Waals surface area contributed by atoms with Crippen molar-refractivity contribution in [1.29, 1.82) is 0 Å². The third kappa shape index (κ3) is 5.43. The Kier molecular flexibility index (Phi) is 7.10. The van der Waals surface area contributed by atoms with Gasteiger partial charge in [-0.1, -0.05) is 54.2 Å². The Balaban J connectivity index is 1.46. The summed E-state index contributed by atoms with van der Waals surface area (Å²) in [5, 5.41) is 3.89. The number of para-hydroxylation sites is 2. The van der Waals surface area contributed by atoms with Crippen LogP contribution in [0.2, 0.25) is 0 Å². The van der Waals surface area contributed by atoms with Gasteiger partial charge in [0.25, 0.3) is 5.56 Å². The van der Waals surface area contributed by atoms with Gasteiger partial charge in [0.05, 0.1) is 28.9 Å². The molecule has 0 aliphatic heterocycles. The van der Waals surface area contributed by atoms with Crippen LogP contribution in [0.3, 0.4) is 0 Å². The van der Waals surface area contributed by atoms with E-state index in [0.717, 1.165) is 22.6 Å². The number of carbonyl (C=O) groups is 1. The van der Waals surface area contributed by atoms with Crippen LogP contribution in [-0.2, 0) is 4.79 Å². The number of hydrogen-bond acceptors (Lipinski definition) is 5. The lowest BCUT2D eigenvalue weighted by molar-refractivity contribution is -0.118. The minimum absolute atomic E-state index is 0.140. The number of rotatable bonds is 8. The minimum Gasteiger partial charge on any atom is -0.492 e. The Labute approximate surface area is 196 Å². The number of nitrogens with one attached hydrogen (secondary N) is 1. The lowest BCUT2D eigenvalue weighted by Gasteiger charge is -2.15. The molecule has 0 atom stereocenters. The summed E-state index contributed by atoms with van der Waals surface area (Å²) in [4.78, 5) is 30.4. The summed E-state index contributed by atoms with van der Waals surface area (Å²) in [7, 11) is 0. The van der Waals surface area contributed by atoms with Gasteiger partial charge in [0.15, 0.2) is 5.16 Å². The van der Waals surface area contributed by atoms with Crippen LogP contribution in [-0.4, -0.2) is 34.4 Å². The molecule has 0 bridgehead atoms. The number of hydrogen-bond donors (Lipinski definition) is 1. The molecule has 0 fully saturated rings. The largest absolute Gasteiger partial charge is 0.492 e. The van der Waals surface area contributed by atoms with E-state index in [-0.39, 0.29) is 17.2 Å². The highest BCUT2D eigenvalue weighted by Crippen LogP contribution is 2.23. The minimum atomic E-state index is -0.149. The number of nitrogens with zero attached hydrogens (tertiary/aromatic N) is 2. The fourth-order valence-corrected chi connectivity index (χ4v) is 4.32. The van der Waals surface area contributed by atoms with Gasteiger partial charge in [-0.15, -0.1) is 0 Å². The molecular formula is C26H25N3O3S. The van der Waals surface area contributed by atoms with Crippen LogP contribution in [0.1, 0.15) is 11.1 Å². The van der Waals surface area contributed by atoms with E-state index in [1.165, 1.54) is 11.8 Å². The highest BCUT2D eigenvalue weighted by molar-refractivity contribution is 7.99. The van der Waals surface area contributed by atoms with E-state index in [1.54, 1.807) is 10.6 Å². The predicted molar refractivity (Wildman–Crippen MR) is 132 cm³/mol. The fourth-order valence-electron chi connectivity index (χ4n) is 3.48. The Hall–Kier alpha value is -3.58. The first-order valence-corrected chi connectivity index (χ1v) is 11.7. The summed E-state index contributed by atoms with van der Waals surface area (Å²) in [5.74, 6) is 0.772. The Morgan fingerprint density at radius 1 is 1.03 bits per heavy atom. The number of carbonyl (C=O) groups excluding carboxylic acids is 1. The van der Waals surface area contributed by atoms with Crippen LogP contribution in [0.4, 0.5) is 0 Å². The van der Waals surface area contributed by atoms with E-state index in [0.29, 0.717) is 29.2 Å². The Bertz CT molecular complexity index is 1350. The molecule has 6 nitrogen and oxygen atoms in total. The molecule has 0 unspecified atom stereocenters. The van der Waals surface area contributed by atoms with Crippen LogP contribution >= 0.6 is 11.8 Å². The normalized spacial score (nSPS) is 10.8. The highest BCUT2D eigenvalue weighted by Gasteiger charge is 2.15. The number of aryl methyl sites for hydroxylation is 2. The predicted octanol–water partition coefficient (Wildman–Crippen LogP) is 4.29. The second-order valence-corrected chi connectivity index (χ2v) is 8.58. The SMILES string of the molecule is Cc1cccc(OCCNC(=O)CSc2nc3ccccc3c(=O)n2-c2ccccc2C)c1.